The summed E-state index contributed by atoms with van der Waals surface area (Å²) in [5, 5.41) is 7.07. The molecule has 3 heterocycles. The number of thiophene rings is 1. The monoisotopic (exact) mass is 455 g/mol. The number of aromatic nitrogens is 1. The van der Waals surface area contributed by atoms with Gasteiger partial charge in [-0.05, 0) is 34.4 Å². The van der Waals surface area contributed by atoms with Crippen LogP contribution in [0.15, 0.2) is 64.9 Å². The second-order valence-electron chi connectivity index (χ2n) is 6.92. The highest BCUT2D eigenvalue weighted by Crippen LogP contribution is 2.32. The first-order valence-corrected chi connectivity index (χ1v) is 12.5. The number of carbonyl (C=O) groups is 1. The maximum atomic E-state index is 13.2. The third kappa shape index (κ3) is 3.54. The van der Waals surface area contributed by atoms with Gasteiger partial charge in [0, 0.05) is 17.8 Å². The molecule has 5 rings (SSSR count). The minimum Gasteiger partial charge on any atom is -0.297 e. The molecule has 152 valence electrons. The third-order valence-corrected chi connectivity index (χ3v) is 8.73. The van der Waals surface area contributed by atoms with Crippen LogP contribution in [-0.2, 0) is 23.0 Å². The van der Waals surface area contributed by atoms with E-state index in [4.69, 9.17) is 0 Å². The van der Waals surface area contributed by atoms with Gasteiger partial charge in [0.2, 0.25) is 10.0 Å². The Hall–Kier alpha value is -2.59. The van der Waals surface area contributed by atoms with Crippen molar-refractivity contribution < 1.29 is 13.2 Å². The molecule has 0 unspecified atom stereocenters. The minimum absolute atomic E-state index is 0.197. The standard InChI is InChI=1S/C21H17N3O3S3/c25-20(18-6-3-11-28-18)23-21-22-17-9-10-24(13-19(17)29-21)30(26,27)16-8-7-14-4-1-2-5-15(14)12-16/h1-8,11-12H,9-10,13H2,(H,22,23,25). The number of carbonyl (C=O) groups excluding carboxylic acids is 1. The van der Waals surface area contributed by atoms with E-state index in [2.05, 4.69) is 10.3 Å². The SMILES string of the molecule is O=C(Nc1nc2c(s1)CN(S(=O)(=O)c1ccc3ccccc3c1)CC2)c1cccs1. The van der Waals surface area contributed by atoms with Crippen LogP contribution in [0, 0.1) is 0 Å². The molecule has 1 amide bonds. The van der Waals surface area contributed by atoms with Gasteiger partial charge in [-0.2, -0.15) is 4.31 Å². The van der Waals surface area contributed by atoms with Gasteiger partial charge in [0.05, 0.1) is 22.0 Å². The van der Waals surface area contributed by atoms with Crippen LogP contribution in [0.3, 0.4) is 0 Å². The first kappa shape index (κ1) is 19.4. The summed E-state index contributed by atoms with van der Waals surface area (Å²) in [6.07, 6.45) is 0.521. The number of hydrogen-bond donors (Lipinski definition) is 1. The second kappa shape index (κ2) is 7.59. The number of nitrogens with one attached hydrogen (secondary N) is 1. The zero-order valence-electron chi connectivity index (χ0n) is 15.7. The molecular formula is C21H17N3O3S3. The Balaban J connectivity index is 1.38. The van der Waals surface area contributed by atoms with Gasteiger partial charge < -0.3 is 0 Å². The molecule has 2 aromatic heterocycles. The quantitative estimate of drug-likeness (QED) is 0.496. The highest BCUT2D eigenvalue weighted by molar-refractivity contribution is 7.89. The van der Waals surface area contributed by atoms with E-state index in [1.807, 2.05) is 41.8 Å². The molecule has 4 aromatic rings. The van der Waals surface area contributed by atoms with Gasteiger partial charge in [-0.25, -0.2) is 13.4 Å². The Labute approximate surface area is 181 Å². The summed E-state index contributed by atoms with van der Waals surface area (Å²) in [6.45, 7) is 0.626. The van der Waals surface area contributed by atoms with Crippen molar-refractivity contribution in [1.29, 1.82) is 0 Å². The van der Waals surface area contributed by atoms with Gasteiger partial charge in [-0.1, -0.05) is 36.4 Å². The van der Waals surface area contributed by atoms with Crippen LogP contribution in [0.5, 0.6) is 0 Å². The molecule has 6 nitrogen and oxygen atoms in total. The van der Waals surface area contributed by atoms with Crippen molar-refractivity contribution in [1.82, 2.24) is 9.29 Å². The maximum Gasteiger partial charge on any atom is 0.267 e. The molecule has 0 saturated heterocycles. The molecule has 30 heavy (non-hydrogen) atoms. The summed E-state index contributed by atoms with van der Waals surface area (Å²) >= 11 is 2.70. The fraction of sp³-hybridized carbons (Fsp3) is 0.143. The van der Waals surface area contributed by atoms with Crippen LogP contribution in [0.2, 0.25) is 0 Å². The molecule has 0 fully saturated rings. The molecule has 0 atom stereocenters. The zero-order chi connectivity index (χ0) is 20.7. The van der Waals surface area contributed by atoms with Crippen molar-refractivity contribution in [2.75, 3.05) is 11.9 Å². The van der Waals surface area contributed by atoms with E-state index in [9.17, 15) is 13.2 Å². The second-order valence-corrected chi connectivity index (χ2v) is 10.9. The predicted molar refractivity (Wildman–Crippen MR) is 120 cm³/mol. The Morgan fingerprint density at radius 3 is 2.70 bits per heavy atom. The Bertz CT molecular complexity index is 1340. The van der Waals surface area contributed by atoms with E-state index in [0.717, 1.165) is 21.3 Å². The molecule has 0 spiro atoms. The highest BCUT2D eigenvalue weighted by atomic mass is 32.2. The maximum absolute atomic E-state index is 13.2. The summed E-state index contributed by atoms with van der Waals surface area (Å²) < 4.78 is 27.9. The molecule has 1 aliphatic rings. The lowest BCUT2D eigenvalue weighted by Crippen LogP contribution is -2.35. The summed E-state index contributed by atoms with van der Waals surface area (Å²) in [5.41, 5.74) is 0.853. The third-order valence-electron chi connectivity index (χ3n) is 5.02. The fourth-order valence-electron chi connectivity index (χ4n) is 3.47. The van der Waals surface area contributed by atoms with Crippen molar-refractivity contribution in [3.63, 3.8) is 0 Å². The number of rotatable bonds is 4. The number of amides is 1. The molecule has 0 bridgehead atoms. The van der Waals surface area contributed by atoms with Crippen LogP contribution in [0.4, 0.5) is 5.13 Å². The van der Waals surface area contributed by atoms with Crippen LogP contribution in [-0.4, -0.2) is 30.2 Å². The fourth-order valence-corrected chi connectivity index (χ4v) is 6.64. The van der Waals surface area contributed by atoms with Gasteiger partial charge in [0.1, 0.15) is 0 Å². The van der Waals surface area contributed by atoms with Crippen LogP contribution >= 0.6 is 22.7 Å². The van der Waals surface area contributed by atoms with E-state index in [1.54, 1.807) is 18.2 Å². The van der Waals surface area contributed by atoms with Crippen LogP contribution in [0.1, 0.15) is 20.2 Å². The van der Waals surface area contributed by atoms with Crippen molar-refractivity contribution in [3.8, 4) is 0 Å². The van der Waals surface area contributed by atoms with Gasteiger partial charge in [0.15, 0.2) is 5.13 Å². The van der Waals surface area contributed by atoms with Crippen molar-refractivity contribution >= 4 is 54.5 Å². The molecule has 0 radical (unpaired) electrons. The molecular weight excluding hydrogens is 438 g/mol. The molecule has 9 heteroatoms. The number of benzene rings is 2. The summed E-state index contributed by atoms with van der Waals surface area (Å²) in [5.74, 6) is -0.197. The number of nitrogens with zero attached hydrogens (tertiary/aromatic N) is 2. The number of sulfonamides is 1. The first-order chi connectivity index (χ1) is 14.5. The number of anilines is 1. The number of fused-ring (bicyclic) bond motifs is 2. The highest BCUT2D eigenvalue weighted by Gasteiger charge is 2.30. The van der Waals surface area contributed by atoms with Crippen molar-refractivity contribution in [2.24, 2.45) is 0 Å². The van der Waals surface area contributed by atoms with E-state index in [1.165, 1.54) is 27.0 Å². The van der Waals surface area contributed by atoms with Crippen LogP contribution < -0.4 is 5.32 Å². The largest absolute Gasteiger partial charge is 0.297 e. The van der Waals surface area contributed by atoms with Crippen LogP contribution in [0.25, 0.3) is 10.8 Å². The number of hydrogen-bond acceptors (Lipinski definition) is 6. The lowest BCUT2D eigenvalue weighted by atomic mass is 10.1. The first-order valence-electron chi connectivity index (χ1n) is 9.33. The summed E-state index contributed by atoms with van der Waals surface area (Å²) in [6, 6.07) is 16.5. The van der Waals surface area contributed by atoms with E-state index in [0.29, 0.717) is 27.9 Å². The predicted octanol–water partition coefficient (Wildman–Crippen LogP) is 4.36. The molecule has 2 aromatic carbocycles. The zero-order valence-corrected chi connectivity index (χ0v) is 18.2. The van der Waals surface area contributed by atoms with Gasteiger partial charge in [-0.3, -0.25) is 10.1 Å². The molecule has 0 aliphatic carbocycles. The van der Waals surface area contributed by atoms with E-state index < -0.39 is 10.0 Å². The summed E-state index contributed by atoms with van der Waals surface area (Å²) in [4.78, 5) is 18.5. The smallest absolute Gasteiger partial charge is 0.267 e. The van der Waals surface area contributed by atoms with E-state index in [-0.39, 0.29) is 12.5 Å². The van der Waals surface area contributed by atoms with E-state index >= 15 is 0 Å². The van der Waals surface area contributed by atoms with Crippen molar-refractivity contribution in [3.05, 3.63) is 75.4 Å². The Morgan fingerprint density at radius 2 is 1.90 bits per heavy atom. The Morgan fingerprint density at radius 1 is 1.07 bits per heavy atom. The molecule has 1 N–H and O–H groups in total. The average molecular weight is 456 g/mol. The topological polar surface area (TPSA) is 79.4 Å². The van der Waals surface area contributed by atoms with Gasteiger partial charge >= 0.3 is 0 Å². The summed E-state index contributed by atoms with van der Waals surface area (Å²) in [7, 11) is -3.62. The molecule has 1 aliphatic heterocycles. The number of thiazole rings is 1. The lowest BCUT2D eigenvalue weighted by Gasteiger charge is -2.25. The Kier molecular flexibility index (Phi) is 4.90. The molecule has 0 saturated carbocycles. The van der Waals surface area contributed by atoms with Gasteiger partial charge in [-0.15, -0.1) is 22.7 Å². The average Bonchev–Trinajstić information content (AvgIpc) is 3.42. The normalized spacial score (nSPS) is 14.5. The van der Waals surface area contributed by atoms with Gasteiger partial charge in [0.25, 0.3) is 5.91 Å². The lowest BCUT2D eigenvalue weighted by molar-refractivity contribution is 0.103. The van der Waals surface area contributed by atoms with Crippen molar-refractivity contribution in [2.45, 2.75) is 17.9 Å². The minimum atomic E-state index is -3.62.